The molecule has 4 rings (SSSR count). The van der Waals surface area contributed by atoms with Crippen molar-refractivity contribution in [2.45, 2.75) is 45.2 Å². The summed E-state index contributed by atoms with van der Waals surface area (Å²) in [5.41, 5.74) is 0.413. The first kappa shape index (κ1) is 19.8. The molecule has 0 spiro atoms. The Morgan fingerprint density at radius 1 is 1.30 bits per heavy atom. The number of hydrogen-bond donors (Lipinski definition) is 2. The minimum Gasteiger partial charge on any atom is -0.464 e. The van der Waals surface area contributed by atoms with Crippen molar-refractivity contribution in [1.82, 2.24) is 19.3 Å². The topological polar surface area (TPSA) is 119 Å². The summed E-state index contributed by atoms with van der Waals surface area (Å²) in [6.07, 6.45) is 5.56. The van der Waals surface area contributed by atoms with Crippen LogP contribution in [-0.2, 0) is 16.1 Å². The summed E-state index contributed by atoms with van der Waals surface area (Å²) in [6.45, 7) is 1.41. The van der Waals surface area contributed by atoms with Gasteiger partial charge in [-0.3, -0.25) is 24.2 Å². The number of nitrogens with zero attached hydrogens (tertiary/aromatic N) is 3. The second kappa shape index (κ2) is 8.10. The molecule has 1 saturated carbocycles. The summed E-state index contributed by atoms with van der Waals surface area (Å²) in [4.78, 5) is 41.7. The first-order valence-corrected chi connectivity index (χ1v) is 9.99. The van der Waals surface area contributed by atoms with Crippen molar-refractivity contribution < 1.29 is 14.3 Å². The number of carbonyl (C=O) groups is 2. The van der Waals surface area contributed by atoms with Gasteiger partial charge in [-0.05, 0) is 31.0 Å². The molecule has 30 heavy (non-hydrogen) atoms. The van der Waals surface area contributed by atoms with E-state index in [1.807, 2.05) is 0 Å². The van der Waals surface area contributed by atoms with Crippen LogP contribution in [0, 0.1) is 5.41 Å². The van der Waals surface area contributed by atoms with Gasteiger partial charge in [0, 0.05) is 19.2 Å². The zero-order valence-corrected chi connectivity index (χ0v) is 16.7. The van der Waals surface area contributed by atoms with Gasteiger partial charge in [0.2, 0.25) is 0 Å². The highest BCUT2D eigenvalue weighted by Crippen LogP contribution is 2.18. The second-order valence-corrected chi connectivity index (χ2v) is 7.44. The van der Waals surface area contributed by atoms with Crippen molar-refractivity contribution in [3.05, 3.63) is 51.9 Å². The van der Waals surface area contributed by atoms with E-state index < -0.39 is 5.97 Å². The lowest BCUT2D eigenvalue weighted by atomic mass is 10.1. The molecule has 9 heteroatoms. The van der Waals surface area contributed by atoms with Crippen LogP contribution in [0.3, 0.4) is 0 Å². The minimum absolute atomic E-state index is 0.00448. The lowest BCUT2D eigenvalue weighted by Gasteiger charge is -2.16. The first-order chi connectivity index (χ1) is 14.5. The summed E-state index contributed by atoms with van der Waals surface area (Å²) in [5, 5.41) is 11.8. The summed E-state index contributed by atoms with van der Waals surface area (Å²) in [7, 11) is 0. The third-order valence-corrected chi connectivity index (χ3v) is 5.37. The third kappa shape index (κ3) is 3.70. The van der Waals surface area contributed by atoms with Gasteiger partial charge in [0.25, 0.3) is 11.5 Å². The predicted molar refractivity (Wildman–Crippen MR) is 109 cm³/mol. The Balaban J connectivity index is 1.88. The molecule has 0 radical (unpaired) electrons. The molecule has 0 atom stereocenters. The number of fused-ring (bicyclic) bond motifs is 2. The van der Waals surface area contributed by atoms with E-state index in [0.717, 1.165) is 25.7 Å². The van der Waals surface area contributed by atoms with Gasteiger partial charge in [-0.15, -0.1) is 0 Å². The van der Waals surface area contributed by atoms with Gasteiger partial charge in [0.05, 0.1) is 17.5 Å². The molecule has 0 aliphatic heterocycles. The van der Waals surface area contributed by atoms with E-state index in [4.69, 9.17) is 10.1 Å². The van der Waals surface area contributed by atoms with Gasteiger partial charge in [-0.2, -0.15) is 0 Å². The van der Waals surface area contributed by atoms with Crippen LogP contribution in [0.5, 0.6) is 0 Å². The molecule has 156 valence electrons. The van der Waals surface area contributed by atoms with Gasteiger partial charge in [-0.25, -0.2) is 4.98 Å². The van der Waals surface area contributed by atoms with Crippen molar-refractivity contribution >= 4 is 28.6 Å². The normalized spacial score (nSPS) is 14.3. The van der Waals surface area contributed by atoms with Crippen molar-refractivity contribution in [1.29, 1.82) is 5.41 Å². The minimum atomic E-state index is -0.444. The van der Waals surface area contributed by atoms with E-state index in [1.54, 1.807) is 24.4 Å². The highest BCUT2D eigenvalue weighted by Gasteiger charge is 2.21. The average molecular weight is 409 g/mol. The summed E-state index contributed by atoms with van der Waals surface area (Å²) in [5.74, 6) is -0.826. The van der Waals surface area contributed by atoms with E-state index in [1.165, 1.54) is 22.0 Å². The molecule has 0 bridgehead atoms. The number of nitrogens with one attached hydrogen (secondary N) is 2. The fourth-order valence-corrected chi connectivity index (χ4v) is 3.89. The van der Waals surface area contributed by atoms with E-state index in [0.29, 0.717) is 5.65 Å². The molecule has 9 nitrogen and oxygen atoms in total. The summed E-state index contributed by atoms with van der Waals surface area (Å²) < 4.78 is 7.88. The van der Waals surface area contributed by atoms with Gasteiger partial charge < -0.3 is 14.6 Å². The summed E-state index contributed by atoms with van der Waals surface area (Å²) in [6, 6.07) is 6.71. The number of rotatable bonds is 5. The maximum absolute atomic E-state index is 13.1. The monoisotopic (exact) mass is 409 g/mol. The number of aromatic nitrogens is 3. The van der Waals surface area contributed by atoms with Crippen LogP contribution >= 0.6 is 0 Å². The zero-order valence-electron chi connectivity index (χ0n) is 16.7. The quantitative estimate of drug-likeness (QED) is 0.487. The number of carbonyl (C=O) groups excluding carboxylic acids is 2. The van der Waals surface area contributed by atoms with Crippen molar-refractivity contribution in [2.24, 2.45) is 0 Å². The van der Waals surface area contributed by atoms with E-state index in [2.05, 4.69) is 10.3 Å². The molecule has 1 fully saturated rings. The van der Waals surface area contributed by atoms with Crippen molar-refractivity contribution in [3.63, 3.8) is 0 Å². The lowest BCUT2D eigenvalue weighted by molar-refractivity contribution is -0.141. The fourth-order valence-electron chi connectivity index (χ4n) is 3.89. The van der Waals surface area contributed by atoms with Gasteiger partial charge in [0.15, 0.2) is 0 Å². The van der Waals surface area contributed by atoms with Crippen LogP contribution in [-0.4, -0.2) is 38.5 Å². The van der Waals surface area contributed by atoms with Crippen LogP contribution in [0.15, 0.2) is 35.3 Å². The molecule has 3 heterocycles. The Morgan fingerprint density at radius 2 is 2.07 bits per heavy atom. The molecule has 1 aliphatic rings. The molecule has 0 saturated heterocycles. The molecule has 3 aromatic rings. The Bertz CT molecular complexity index is 1250. The molecule has 0 unspecified atom stereocenters. The number of hydrogen-bond acceptors (Lipinski definition) is 6. The molecule has 1 amide bonds. The third-order valence-electron chi connectivity index (χ3n) is 5.37. The summed E-state index contributed by atoms with van der Waals surface area (Å²) >= 11 is 0. The van der Waals surface area contributed by atoms with Gasteiger partial charge in [0.1, 0.15) is 23.4 Å². The van der Waals surface area contributed by atoms with Crippen LogP contribution in [0.25, 0.3) is 16.7 Å². The Labute approximate surface area is 171 Å². The number of pyridine rings is 2. The van der Waals surface area contributed by atoms with Gasteiger partial charge >= 0.3 is 5.97 Å². The second-order valence-electron chi connectivity index (χ2n) is 7.44. The molecular formula is C21H23N5O4. The van der Waals surface area contributed by atoms with Crippen molar-refractivity contribution in [2.75, 3.05) is 6.61 Å². The maximum Gasteiger partial charge on any atom is 0.302 e. The maximum atomic E-state index is 13.1. The zero-order chi connectivity index (χ0) is 21.3. The molecule has 1 aliphatic carbocycles. The standard InChI is InChI=1S/C21H23N5O4/c1-13(27)30-11-10-26-18(22)15(20(28)23-14-6-2-3-7-14)12-16-19(26)24-17-8-4-5-9-25(17)21(16)29/h4-5,8-9,12,14,22H,2-3,6-7,10-11H2,1H3,(H,23,28). The smallest absolute Gasteiger partial charge is 0.302 e. The van der Waals surface area contributed by atoms with Crippen LogP contribution in [0.1, 0.15) is 43.0 Å². The van der Waals surface area contributed by atoms with Crippen LogP contribution < -0.4 is 16.4 Å². The first-order valence-electron chi connectivity index (χ1n) is 9.99. The van der Waals surface area contributed by atoms with E-state index >= 15 is 0 Å². The molecule has 2 N–H and O–H groups in total. The van der Waals surface area contributed by atoms with E-state index in [9.17, 15) is 14.4 Å². The van der Waals surface area contributed by atoms with Gasteiger partial charge in [-0.1, -0.05) is 18.9 Å². The SMILES string of the molecule is CC(=O)OCCn1c(=N)c(C(=O)NC2CCCC2)cc2c(=O)n3ccccc3nc21. The highest BCUT2D eigenvalue weighted by molar-refractivity contribution is 5.97. The highest BCUT2D eigenvalue weighted by atomic mass is 16.5. The molecular weight excluding hydrogens is 386 g/mol. The molecule has 3 aromatic heterocycles. The predicted octanol–water partition coefficient (Wildman–Crippen LogP) is 1.36. The fraction of sp³-hybridized carbons (Fsp3) is 0.381. The van der Waals surface area contributed by atoms with Crippen LogP contribution in [0.4, 0.5) is 0 Å². The Morgan fingerprint density at radius 3 is 2.80 bits per heavy atom. The van der Waals surface area contributed by atoms with Crippen molar-refractivity contribution in [3.8, 4) is 0 Å². The van der Waals surface area contributed by atoms with Crippen LogP contribution in [0.2, 0.25) is 0 Å². The molecule has 0 aromatic carbocycles. The number of amides is 1. The number of ether oxygens (including phenoxy) is 1. The Kier molecular flexibility index (Phi) is 5.35. The van der Waals surface area contributed by atoms with E-state index in [-0.39, 0.29) is 52.7 Å². The Hall–Kier alpha value is -3.49. The lowest BCUT2D eigenvalue weighted by Crippen LogP contribution is -2.39. The average Bonchev–Trinajstić information content (AvgIpc) is 3.22. The largest absolute Gasteiger partial charge is 0.464 e. The number of esters is 1.